The predicted molar refractivity (Wildman–Crippen MR) is 63.4 cm³/mol. The second-order valence-electron chi connectivity index (χ2n) is 5.01. The van der Waals surface area contributed by atoms with Gasteiger partial charge in [-0.15, -0.1) is 0 Å². The van der Waals surface area contributed by atoms with Crippen LogP contribution in [-0.4, -0.2) is 13.1 Å². The SMILES string of the molecule is CCNCC1CCCC1CC(C)CC. The fraction of sp³-hybridized carbons (Fsp3) is 1.00. The van der Waals surface area contributed by atoms with E-state index in [4.69, 9.17) is 0 Å². The van der Waals surface area contributed by atoms with Crippen LogP contribution in [0, 0.1) is 17.8 Å². The Balaban J connectivity index is 2.27. The van der Waals surface area contributed by atoms with Crippen molar-refractivity contribution in [2.45, 2.75) is 52.9 Å². The van der Waals surface area contributed by atoms with Gasteiger partial charge in [0.05, 0.1) is 0 Å². The third-order valence-electron chi connectivity index (χ3n) is 3.88. The number of hydrogen-bond donors (Lipinski definition) is 1. The molecule has 0 aliphatic heterocycles. The van der Waals surface area contributed by atoms with Gasteiger partial charge in [0.15, 0.2) is 0 Å². The summed E-state index contributed by atoms with van der Waals surface area (Å²) in [6.45, 7) is 9.32. The lowest BCUT2D eigenvalue weighted by Gasteiger charge is -2.22. The molecule has 1 aliphatic rings. The third kappa shape index (κ3) is 3.61. The fourth-order valence-corrected chi connectivity index (χ4v) is 2.71. The Bertz CT molecular complexity index is 144. The van der Waals surface area contributed by atoms with Crippen LogP contribution in [0.4, 0.5) is 0 Å². The molecule has 1 heteroatoms. The van der Waals surface area contributed by atoms with Crippen LogP contribution in [0.25, 0.3) is 0 Å². The molecule has 0 aromatic heterocycles. The van der Waals surface area contributed by atoms with E-state index >= 15 is 0 Å². The van der Waals surface area contributed by atoms with E-state index in [-0.39, 0.29) is 0 Å². The quantitative estimate of drug-likeness (QED) is 0.687. The summed E-state index contributed by atoms with van der Waals surface area (Å²) in [5, 5.41) is 3.51. The summed E-state index contributed by atoms with van der Waals surface area (Å²) in [5.74, 6) is 2.93. The molecule has 1 saturated carbocycles. The second kappa shape index (κ2) is 6.44. The smallest absolute Gasteiger partial charge is 0.00180 e. The van der Waals surface area contributed by atoms with Crippen LogP contribution >= 0.6 is 0 Å². The fourth-order valence-electron chi connectivity index (χ4n) is 2.71. The molecule has 0 bridgehead atoms. The van der Waals surface area contributed by atoms with Gasteiger partial charge >= 0.3 is 0 Å². The van der Waals surface area contributed by atoms with Crippen molar-refractivity contribution in [2.75, 3.05) is 13.1 Å². The molecule has 1 fully saturated rings. The Kier molecular flexibility index (Phi) is 5.54. The van der Waals surface area contributed by atoms with Crippen molar-refractivity contribution >= 4 is 0 Å². The highest BCUT2D eigenvalue weighted by Crippen LogP contribution is 2.36. The molecule has 1 nitrogen and oxygen atoms in total. The van der Waals surface area contributed by atoms with E-state index in [0.717, 1.165) is 24.3 Å². The van der Waals surface area contributed by atoms with Gasteiger partial charge in [-0.3, -0.25) is 0 Å². The highest BCUT2D eigenvalue weighted by atomic mass is 14.8. The molecule has 1 N–H and O–H groups in total. The molecule has 3 atom stereocenters. The van der Waals surface area contributed by atoms with Gasteiger partial charge in [0.1, 0.15) is 0 Å². The molecule has 0 aromatic rings. The van der Waals surface area contributed by atoms with Crippen LogP contribution < -0.4 is 5.32 Å². The van der Waals surface area contributed by atoms with E-state index in [1.807, 2.05) is 0 Å². The molecule has 0 spiro atoms. The maximum absolute atomic E-state index is 3.51. The van der Waals surface area contributed by atoms with E-state index in [1.54, 1.807) is 0 Å². The lowest BCUT2D eigenvalue weighted by atomic mass is 9.86. The third-order valence-corrected chi connectivity index (χ3v) is 3.88. The molecular weight excluding hydrogens is 170 g/mol. The lowest BCUT2D eigenvalue weighted by Crippen LogP contribution is -2.25. The van der Waals surface area contributed by atoms with Crippen LogP contribution in [0.5, 0.6) is 0 Å². The van der Waals surface area contributed by atoms with Crippen molar-refractivity contribution < 1.29 is 0 Å². The van der Waals surface area contributed by atoms with Crippen molar-refractivity contribution in [1.29, 1.82) is 0 Å². The van der Waals surface area contributed by atoms with Crippen LogP contribution in [-0.2, 0) is 0 Å². The Labute approximate surface area is 89.7 Å². The summed E-state index contributed by atoms with van der Waals surface area (Å²) in [4.78, 5) is 0. The summed E-state index contributed by atoms with van der Waals surface area (Å²) in [7, 11) is 0. The average molecular weight is 197 g/mol. The lowest BCUT2D eigenvalue weighted by molar-refractivity contribution is 0.301. The first-order valence-electron chi connectivity index (χ1n) is 6.48. The van der Waals surface area contributed by atoms with Gasteiger partial charge < -0.3 is 5.32 Å². The first-order valence-corrected chi connectivity index (χ1v) is 6.48. The maximum atomic E-state index is 3.51. The summed E-state index contributed by atoms with van der Waals surface area (Å²) in [6.07, 6.45) is 7.24. The standard InChI is InChI=1S/C13H27N/c1-4-11(3)9-12-7-6-8-13(12)10-14-5-2/h11-14H,4-10H2,1-3H3. The van der Waals surface area contributed by atoms with Crippen molar-refractivity contribution in [3.05, 3.63) is 0 Å². The van der Waals surface area contributed by atoms with Gasteiger partial charge in [-0.1, -0.05) is 40.0 Å². The highest BCUT2D eigenvalue weighted by molar-refractivity contribution is 4.80. The summed E-state index contributed by atoms with van der Waals surface area (Å²) in [5.41, 5.74) is 0. The van der Waals surface area contributed by atoms with Gasteiger partial charge in [-0.25, -0.2) is 0 Å². The molecule has 1 aliphatic carbocycles. The van der Waals surface area contributed by atoms with E-state index in [2.05, 4.69) is 26.1 Å². The molecule has 0 amide bonds. The Morgan fingerprint density at radius 3 is 2.57 bits per heavy atom. The van der Waals surface area contributed by atoms with Crippen LogP contribution in [0.15, 0.2) is 0 Å². The topological polar surface area (TPSA) is 12.0 Å². The Morgan fingerprint density at radius 2 is 1.93 bits per heavy atom. The zero-order chi connectivity index (χ0) is 10.4. The molecule has 0 radical (unpaired) electrons. The number of hydrogen-bond acceptors (Lipinski definition) is 1. The maximum Gasteiger partial charge on any atom is -0.00180 e. The first-order chi connectivity index (χ1) is 6.77. The average Bonchev–Trinajstić information content (AvgIpc) is 2.62. The summed E-state index contributed by atoms with van der Waals surface area (Å²) < 4.78 is 0. The number of rotatable bonds is 6. The van der Waals surface area contributed by atoms with Gasteiger partial charge in [-0.2, -0.15) is 0 Å². The Hall–Kier alpha value is -0.0400. The molecule has 0 heterocycles. The van der Waals surface area contributed by atoms with Gasteiger partial charge in [-0.05, 0) is 43.7 Å². The molecule has 0 aromatic carbocycles. The second-order valence-corrected chi connectivity index (χ2v) is 5.01. The van der Waals surface area contributed by atoms with Gasteiger partial charge in [0, 0.05) is 0 Å². The minimum Gasteiger partial charge on any atom is -0.317 e. The molecular formula is C13H27N. The first kappa shape index (κ1) is 12.0. The van der Waals surface area contributed by atoms with E-state index < -0.39 is 0 Å². The van der Waals surface area contributed by atoms with Gasteiger partial charge in [0.2, 0.25) is 0 Å². The molecule has 0 saturated heterocycles. The zero-order valence-corrected chi connectivity index (χ0v) is 10.2. The predicted octanol–water partition coefficient (Wildman–Crippen LogP) is 3.45. The van der Waals surface area contributed by atoms with Crippen molar-refractivity contribution in [3.63, 3.8) is 0 Å². The molecule has 1 rings (SSSR count). The minimum absolute atomic E-state index is 0.933. The normalized spacial score (nSPS) is 29.4. The van der Waals surface area contributed by atoms with Crippen LogP contribution in [0.1, 0.15) is 52.9 Å². The zero-order valence-electron chi connectivity index (χ0n) is 10.2. The van der Waals surface area contributed by atoms with Crippen molar-refractivity contribution in [3.8, 4) is 0 Å². The van der Waals surface area contributed by atoms with E-state index in [1.165, 1.54) is 38.6 Å². The summed E-state index contributed by atoms with van der Waals surface area (Å²) in [6, 6.07) is 0. The molecule has 14 heavy (non-hydrogen) atoms. The van der Waals surface area contributed by atoms with E-state index in [9.17, 15) is 0 Å². The largest absolute Gasteiger partial charge is 0.317 e. The van der Waals surface area contributed by atoms with E-state index in [0.29, 0.717) is 0 Å². The van der Waals surface area contributed by atoms with Crippen molar-refractivity contribution in [2.24, 2.45) is 17.8 Å². The highest BCUT2D eigenvalue weighted by Gasteiger charge is 2.27. The van der Waals surface area contributed by atoms with Crippen LogP contribution in [0.3, 0.4) is 0 Å². The molecule has 84 valence electrons. The molecule has 3 unspecified atom stereocenters. The monoisotopic (exact) mass is 197 g/mol. The van der Waals surface area contributed by atoms with Gasteiger partial charge in [0.25, 0.3) is 0 Å². The minimum atomic E-state index is 0.933. The summed E-state index contributed by atoms with van der Waals surface area (Å²) >= 11 is 0. The van der Waals surface area contributed by atoms with Crippen LogP contribution in [0.2, 0.25) is 0 Å². The Morgan fingerprint density at radius 1 is 1.21 bits per heavy atom. The number of nitrogens with one attached hydrogen (secondary N) is 1. The van der Waals surface area contributed by atoms with Crippen molar-refractivity contribution in [1.82, 2.24) is 5.32 Å².